The molecule has 162 valence electrons. The lowest BCUT2D eigenvalue weighted by molar-refractivity contribution is -0.278. The van der Waals surface area contributed by atoms with Crippen LogP contribution in [0, 0.1) is 13.8 Å². The second-order valence-electron chi connectivity index (χ2n) is 8.10. The first-order valence-corrected chi connectivity index (χ1v) is 11.5. The highest BCUT2D eigenvalue weighted by atomic mass is 32.1. The molecule has 0 spiro atoms. The van der Waals surface area contributed by atoms with Crippen LogP contribution in [0.4, 0.5) is 0 Å². The van der Waals surface area contributed by atoms with Crippen LogP contribution in [0.2, 0.25) is 0 Å². The van der Waals surface area contributed by atoms with Crippen molar-refractivity contribution in [3.8, 4) is 11.0 Å². The number of hydrogen-bond donors (Lipinski definition) is 0. The zero-order valence-electron chi connectivity index (χ0n) is 18.0. The van der Waals surface area contributed by atoms with Gasteiger partial charge in [0, 0.05) is 19.5 Å². The number of benzene rings is 2. The fraction of sp³-hybridized carbons (Fsp3) is 0.240. The second kappa shape index (κ2) is 8.24. The van der Waals surface area contributed by atoms with Crippen molar-refractivity contribution >= 4 is 17.2 Å². The molecule has 0 bridgehead atoms. The maximum absolute atomic E-state index is 13.3. The molecule has 0 aliphatic carbocycles. The van der Waals surface area contributed by atoms with Crippen molar-refractivity contribution < 1.29 is 9.90 Å². The van der Waals surface area contributed by atoms with Crippen molar-refractivity contribution in [1.29, 1.82) is 0 Å². The van der Waals surface area contributed by atoms with Crippen LogP contribution in [0.1, 0.15) is 43.3 Å². The highest BCUT2D eigenvalue weighted by Crippen LogP contribution is 2.30. The minimum atomic E-state index is -0.175. The van der Waals surface area contributed by atoms with Crippen molar-refractivity contribution in [2.24, 2.45) is 0 Å². The number of amides is 1. The molecule has 0 fully saturated rings. The van der Waals surface area contributed by atoms with E-state index in [0.29, 0.717) is 46.5 Å². The first-order valence-electron chi connectivity index (χ1n) is 10.6. The van der Waals surface area contributed by atoms with Crippen LogP contribution in [0.5, 0.6) is 5.88 Å². The molecule has 2 aromatic heterocycles. The number of carbonyl (C=O) groups excluding carboxylic acids is 1. The summed E-state index contributed by atoms with van der Waals surface area (Å²) < 4.78 is 1.34. The lowest BCUT2D eigenvalue weighted by Gasteiger charge is -2.28. The zero-order valence-corrected chi connectivity index (χ0v) is 18.9. The Morgan fingerprint density at radius 1 is 1.03 bits per heavy atom. The number of rotatable bonds is 4. The van der Waals surface area contributed by atoms with Crippen molar-refractivity contribution in [3.05, 3.63) is 93.1 Å². The highest BCUT2D eigenvalue weighted by molar-refractivity contribution is 7.16. The normalized spacial score (nSPS) is 13.2. The van der Waals surface area contributed by atoms with Crippen molar-refractivity contribution in [3.63, 3.8) is 0 Å². The minimum absolute atomic E-state index is 0.0402. The third-order valence-electron chi connectivity index (χ3n) is 5.94. The Bertz CT molecular complexity index is 1290. The van der Waals surface area contributed by atoms with E-state index in [4.69, 9.17) is 0 Å². The highest BCUT2D eigenvalue weighted by Gasteiger charge is 2.26. The molecule has 0 atom stereocenters. The Kier molecular flexibility index (Phi) is 5.27. The molecule has 0 saturated carbocycles. The Hall–Kier alpha value is -3.45. The molecule has 2 aromatic carbocycles. The van der Waals surface area contributed by atoms with Gasteiger partial charge >= 0.3 is 0 Å². The van der Waals surface area contributed by atoms with Gasteiger partial charge in [-0.25, -0.2) is 9.67 Å². The summed E-state index contributed by atoms with van der Waals surface area (Å²) >= 11 is 1.24. The fourth-order valence-electron chi connectivity index (χ4n) is 4.16. The molecule has 0 N–H and O–H groups in total. The van der Waals surface area contributed by atoms with Crippen LogP contribution in [0.15, 0.2) is 54.6 Å². The van der Waals surface area contributed by atoms with Crippen molar-refractivity contribution in [2.75, 3.05) is 6.54 Å². The van der Waals surface area contributed by atoms with Gasteiger partial charge in [-0.1, -0.05) is 65.9 Å². The van der Waals surface area contributed by atoms with E-state index < -0.39 is 0 Å². The summed E-state index contributed by atoms with van der Waals surface area (Å²) in [5.41, 5.74) is 5.52. The van der Waals surface area contributed by atoms with Crippen LogP contribution in [-0.2, 0) is 19.4 Å². The quantitative estimate of drug-likeness (QED) is 0.481. The first kappa shape index (κ1) is 20.5. The Balaban J connectivity index is 1.42. The largest absolute Gasteiger partial charge is 0.858 e. The Morgan fingerprint density at radius 3 is 2.53 bits per heavy atom. The lowest BCUT2D eigenvalue weighted by Crippen LogP contribution is -2.35. The average Bonchev–Trinajstić information content (AvgIpc) is 3.33. The molecule has 5 rings (SSSR count). The SMILES string of the molecule is Cc1nc(-n2nc(C)c(Cc3ccccc3)c2[O-])sc1C(=O)N1CCc2ccccc2C1. The van der Waals surface area contributed by atoms with Gasteiger partial charge in [0.1, 0.15) is 4.88 Å². The van der Waals surface area contributed by atoms with Gasteiger partial charge in [-0.05, 0) is 48.4 Å². The summed E-state index contributed by atoms with van der Waals surface area (Å²) in [5, 5.41) is 18.0. The van der Waals surface area contributed by atoms with Crippen LogP contribution >= 0.6 is 11.3 Å². The average molecular weight is 444 g/mol. The van der Waals surface area contributed by atoms with Crippen molar-refractivity contribution in [1.82, 2.24) is 19.7 Å². The van der Waals surface area contributed by atoms with E-state index in [1.165, 1.54) is 27.1 Å². The summed E-state index contributed by atoms with van der Waals surface area (Å²) in [7, 11) is 0. The Labute approximate surface area is 190 Å². The summed E-state index contributed by atoms with van der Waals surface area (Å²) in [6.07, 6.45) is 1.37. The standard InChI is InChI=1S/C25H24N4O2S/c1-16-21(14-18-8-4-3-5-9-18)23(30)29(27-16)25-26-17(2)22(32-25)24(31)28-13-12-19-10-6-7-11-20(19)15-28/h3-11,30H,12-15H2,1-2H3/p-1. The van der Waals surface area contributed by atoms with Crippen LogP contribution in [-0.4, -0.2) is 32.1 Å². The monoisotopic (exact) mass is 443 g/mol. The lowest BCUT2D eigenvalue weighted by atomic mass is 10.00. The van der Waals surface area contributed by atoms with E-state index in [-0.39, 0.29) is 11.8 Å². The number of aromatic nitrogens is 3. The molecule has 0 unspecified atom stereocenters. The molecule has 32 heavy (non-hydrogen) atoms. The minimum Gasteiger partial charge on any atom is -0.858 e. The second-order valence-corrected chi connectivity index (χ2v) is 9.08. The fourth-order valence-corrected chi connectivity index (χ4v) is 5.14. The molecular formula is C25H23N4O2S-. The predicted octanol–water partition coefficient (Wildman–Crippen LogP) is 3.81. The molecule has 1 aliphatic heterocycles. The summed E-state index contributed by atoms with van der Waals surface area (Å²) in [4.78, 5) is 20.2. The van der Waals surface area contributed by atoms with Gasteiger partial charge in [0.15, 0.2) is 0 Å². The number of fused-ring (bicyclic) bond motifs is 1. The number of hydrogen-bond acceptors (Lipinski definition) is 5. The number of aryl methyl sites for hydroxylation is 2. The topological polar surface area (TPSA) is 74.1 Å². The molecule has 4 aromatic rings. The van der Waals surface area contributed by atoms with E-state index >= 15 is 0 Å². The number of thiazole rings is 1. The predicted molar refractivity (Wildman–Crippen MR) is 122 cm³/mol. The molecule has 3 heterocycles. The maximum Gasteiger partial charge on any atom is 0.266 e. The molecular weight excluding hydrogens is 420 g/mol. The van der Waals surface area contributed by atoms with E-state index in [0.717, 1.165) is 12.0 Å². The molecule has 7 heteroatoms. The summed E-state index contributed by atoms with van der Waals surface area (Å²) in [6.45, 7) is 4.93. The third-order valence-corrected chi connectivity index (χ3v) is 7.06. The summed E-state index contributed by atoms with van der Waals surface area (Å²) in [5.74, 6) is -0.215. The molecule has 0 saturated heterocycles. The van der Waals surface area contributed by atoms with Gasteiger partial charge in [0.2, 0.25) is 5.13 Å². The van der Waals surface area contributed by atoms with Crippen LogP contribution in [0.3, 0.4) is 0 Å². The van der Waals surface area contributed by atoms with Gasteiger partial charge in [-0.15, -0.1) is 0 Å². The molecule has 6 nitrogen and oxygen atoms in total. The molecule has 1 amide bonds. The maximum atomic E-state index is 13.3. The van der Waals surface area contributed by atoms with Gasteiger partial charge in [0.25, 0.3) is 5.91 Å². The van der Waals surface area contributed by atoms with E-state index in [9.17, 15) is 9.90 Å². The van der Waals surface area contributed by atoms with Gasteiger partial charge in [-0.2, -0.15) is 5.10 Å². The smallest absolute Gasteiger partial charge is 0.266 e. The van der Waals surface area contributed by atoms with E-state index in [1.807, 2.05) is 61.2 Å². The van der Waals surface area contributed by atoms with Gasteiger partial charge in [0.05, 0.1) is 11.4 Å². The van der Waals surface area contributed by atoms with Gasteiger partial charge < -0.3 is 10.0 Å². The van der Waals surface area contributed by atoms with Crippen LogP contribution < -0.4 is 5.11 Å². The number of carbonyl (C=O) groups is 1. The molecule has 0 radical (unpaired) electrons. The third kappa shape index (κ3) is 3.69. The van der Waals surface area contributed by atoms with Gasteiger partial charge in [-0.3, -0.25) is 4.79 Å². The zero-order chi connectivity index (χ0) is 22.2. The van der Waals surface area contributed by atoms with Crippen LogP contribution in [0.25, 0.3) is 5.13 Å². The first-order chi connectivity index (χ1) is 15.5. The molecule has 1 aliphatic rings. The number of nitrogens with zero attached hydrogens (tertiary/aromatic N) is 4. The summed E-state index contributed by atoms with van der Waals surface area (Å²) in [6, 6.07) is 18.1. The Morgan fingerprint density at radius 2 is 1.75 bits per heavy atom. The van der Waals surface area contributed by atoms with E-state index in [2.05, 4.69) is 22.2 Å². The van der Waals surface area contributed by atoms with E-state index in [1.54, 1.807) is 0 Å². The van der Waals surface area contributed by atoms with Crippen molar-refractivity contribution in [2.45, 2.75) is 33.2 Å².